The highest BCUT2D eigenvalue weighted by atomic mass is 16.6. The van der Waals surface area contributed by atoms with Crippen LogP contribution in [0.5, 0.6) is 0 Å². The van der Waals surface area contributed by atoms with Gasteiger partial charge in [-0.1, -0.05) is 63.3 Å². The van der Waals surface area contributed by atoms with Crippen LogP contribution in [0.25, 0.3) is 11.0 Å². The highest BCUT2D eigenvalue weighted by Gasteiger charge is 2.79. The summed E-state index contributed by atoms with van der Waals surface area (Å²) < 4.78 is 14.0. The predicted molar refractivity (Wildman–Crippen MR) is 155 cm³/mol. The maximum Gasteiger partial charge on any atom is 0.313 e. The number of fused-ring (bicyclic) bond motifs is 2. The Bertz CT molecular complexity index is 1380. The van der Waals surface area contributed by atoms with Gasteiger partial charge in [-0.2, -0.15) is 0 Å². The number of aliphatic hydroxyl groups excluding tert-OH is 1. The largest absolute Gasteiger partial charge is 0.461 e. The Morgan fingerprint density at radius 1 is 1.26 bits per heavy atom. The zero-order valence-electron chi connectivity index (χ0n) is 24.6. The van der Waals surface area contributed by atoms with Gasteiger partial charge in [0.05, 0.1) is 29.7 Å². The Kier molecular flexibility index (Phi) is 8.26. The zero-order valence-corrected chi connectivity index (χ0v) is 24.6. The molecule has 1 spiro atoms. The second-order valence-electron chi connectivity index (χ2n) is 11.7. The van der Waals surface area contributed by atoms with Gasteiger partial charge in [-0.05, 0) is 37.3 Å². The summed E-state index contributed by atoms with van der Waals surface area (Å²) in [4.78, 5) is 45.9. The number of ether oxygens (including phenoxy) is 2. The van der Waals surface area contributed by atoms with Crippen LogP contribution < -0.4 is 0 Å². The number of para-hydroxylation sites is 1. The molecule has 3 saturated heterocycles. The average Bonchev–Trinajstić information content (AvgIpc) is 3.73. The molecule has 0 radical (unpaired) electrons. The molecule has 42 heavy (non-hydrogen) atoms. The van der Waals surface area contributed by atoms with Crippen LogP contribution >= 0.6 is 0 Å². The van der Waals surface area contributed by atoms with Crippen LogP contribution in [0, 0.1) is 17.8 Å². The number of nitrogens with zero attached hydrogens (tertiary/aromatic N) is 5. The van der Waals surface area contributed by atoms with Crippen molar-refractivity contribution in [2.45, 2.75) is 76.4 Å². The molecule has 2 bridgehead atoms. The molecule has 1 N–H and O–H groups in total. The third-order valence-electron chi connectivity index (χ3n) is 9.68. The van der Waals surface area contributed by atoms with Crippen molar-refractivity contribution in [1.29, 1.82) is 0 Å². The van der Waals surface area contributed by atoms with Gasteiger partial charge in [0.25, 0.3) is 0 Å². The maximum atomic E-state index is 14.8. The first-order chi connectivity index (χ1) is 20.2. The summed E-state index contributed by atoms with van der Waals surface area (Å²) in [7, 11) is 0. The predicted octanol–water partition coefficient (Wildman–Crippen LogP) is 2.69. The van der Waals surface area contributed by atoms with Crippen LogP contribution in [0.3, 0.4) is 0 Å². The number of amides is 2. The van der Waals surface area contributed by atoms with Gasteiger partial charge < -0.3 is 24.4 Å². The van der Waals surface area contributed by atoms with Crippen molar-refractivity contribution < 1.29 is 29.0 Å². The average molecular weight is 580 g/mol. The van der Waals surface area contributed by atoms with E-state index < -0.39 is 41.1 Å². The Morgan fingerprint density at radius 2 is 2.02 bits per heavy atom. The lowest BCUT2D eigenvalue weighted by Crippen LogP contribution is -2.60. The van der Waals surface area contributed by atoms with Crippen LogP contribution in [0.4, 0.5) is 0 Å². The first-order valence-electron chi connectivity index (χ1n) is 14.8. The molecule has 2 aromatic rings. The van der Waals surface area contributed by atoms with Gasteiger partial charge >= 0.3 is 5.97 Å². The van der Waals surface area contributed by atoms with E-state index in [2.05, 4.69) is 23.5 Å². The number of benzene rings is 1. The number of aromatic nitrogens is 3. The van der Waals surface area contributed by atoms with E-state index in [0.717, 1.165) is 5.52 Å². The van der Waals surface area contributed by atoms with Gasteiger partial charge in [-0.3, -0.25) is 14.4 Å². The van der Waals surface area contributed by atoms with Crippen molar-refractivity contribution in [1.82, 2.24) is 24.8 Å². The van der Waals surface area contributed by atoms with Gasteiger partial charge in [0, 0.05) is 6.54 Å². The molecule has 226 valence electrons. The van der Waals surface area contributed by atoms with E-state index in [0.29, 0.717) is 31.2 Å². The van der Waals surface area contributed by atoms with Crippen LogP contribution in [0.1, 0.15) is 46.5 Å². The molecule has 11 heteroatoms. The lowest BCUT2D eigenvalue weighted by molar-refractivity contribution is -0.164. The van der Waals surface area contributed by atoms with Gasteiger partial charge in [0.1, 0.15) is 36.4 Å². The number of carbonyl (C=O) groups is 3. The molecule has 2 unspecified atom stereocenters. The molecule has 3 aliphatic rings. The third-order valence-corrected chi connectivity index (χ3v) is 9.68. The molecule has 4 heterocycles. The van der Waals surface area contributed by atoms with Crippen molar-refractivity contribution in [3.05, 3.63) is 49.6 Å². The van der Waals surface area contributed by atoms with Gasteiger partial charge in [0.15, 0.2) is 0 Å². The number of aliphatic hydroxyl groups is 1. The molecule has 1 aromatic carbocycles. The molecular weight excluding hydrogens is 538 g/mol. The van der Waals surface area contributed by atoms with Gasteiger partial charge in [0.2, 0.25) is 11.8 Å². The topological polar surface area (TPSA) is 127 Å². The molecule has 5 rings (SSSR count). The molecular formula is C31H41N5O6. The third kappa shape index (κ3) is 4.44. The van der Waals surface area contributed by atoms with Crippen LogP contribution in [-0.2, 0) is 30.5 Å². The minimum atomic E-state index is -1.24. The van der Waals surface area contributed by atoms with Crippen LogP contribution in [0.2, 0.25) is 0 Å². The monoisotopic (exact) mass is 579 g/mol. The fourth-order valence-corrected chi connectivity index (χ4v) is 7.43. The van der Waals surface area contributed by atoms with Crippen molar-refractivity contribution >= 4 is 28.8 Å². The SMILES string of the molecule is C=CCOC(=O)[C@H]1[C@H]2C(=O)N([C@@H](CO)[C@@H](C)CC)C(C(=O)N(CC=C)Cn3nnc4ccccc43)C23CC[C@]1(CC)O3. The fraction of sp³-hybridized carbons (Fsp3) is 0.581. The van der Waals surface area contributed by atoms with E-state index in [1.165, 1.54) is 11.0 Å². The number of likely N-dealkylation sites (tertiary alicyclic amines) is 1. The van der Waals surface area contributed by atoms with E-state index >= 15 is 0 Å². The standard InChI is InChI=1S/C31H41N5O6/c1-6-16-34(19-35-22-13-11-10-12-21(22)32-33-35)28(39)26-31-15-14-30(9-4,42-31)25(29(40)41-17-7-2)24(31)27(38)36(26)23(18-37)20(5)8-3/h6-7,10-13,20,23-26,37H,1-2,8-9,14-19H2,3-5H3/t20-,23-,24-,25+,26?,30-,31?/m0/s1. The summed E-state index contributed by atoms with van der Waals surface area (Å²) in [5.74, 6) is -3.11. The lowest BCUT2D eigenvalue weighted by atomic mass is 9.65. The van der Waals surface area contributed by atoms with Crippen LogP contribution in [-0.4, -0.2) is 90.7 Å². The van der Waals surface area contributed by atoms with E-state index in [4.69, 9.17) is 9.47 Å². The molecule has 0 saturated carbocycles. The molecule has 3 fully saturated rings. The zero-order chi connectivity index (χ0) is 30.2. The molecule has 0 aliphatic carbocycles. The minimum Gasteiger partial charge on any atom is -0.461 e. The summed E-state index contributed by atoms with van der Waals surface area (Å²) in [6.45, 7) is 13.3. The second-order valence-corrected chi connectivity index (χ2v) is 11.7. The Morgan fingerprint density at radius 3 is 2.69 bits per heavy atom. The summed E-state index contributed by atoms with van der Waals surface area (Å²) in [5, 5.41) is 19.1. The van der Waals surface area contributed by atoms with E-state index in [1.807, 2.05) is 45.0 Å². The summed E-state index contributed by atoms with van der Waals surface area (Å²) in [6, 6.07) is 5.77. The van der Waals surface area contributed by atoms with Crippen molar-refractivity contribution in [3.8, 4) is 0 Å². The second kappa shape index (κ2) is 11.6. The Labute approximate surface area is 246 Å². The number of carbonyl (C=O) groups excluding carboxylic acids is 3. The number of rotatable bonds is 13. The minimum absolute atomic E-state index is 0.0141. The summed E-state index contributed by atoms with van der Waals surface area (Å²) in [6.07, 6.45) is 5.23. The van der Waals surface area contributed by atoms with E-state index in [1.54, 1.807) is 15.7 Å². The van der Waals surface area contributed by atoms with Crippen molar-refractivity contribution in [2.24, 2.45) is 17.8 Å². The fourth-order valence-electron chi connectivity index (χ4n) is 7.43. The smallest absolute Gasteiger partial charge is 0.313 e. The normalized spacial score (nSPS) is 29.4. The Balaban J connectivity index is 1.61. The first-order valence-corrected chi connectivity index (χ1v) is 14.8. The summed E-state index contributed by atoms with van der Waals surface area (Å²) in [5.41, 5.74) is -0.706. The van der Waals surface area contributed by atoms with Gasteiger partial charge in [-0.15, -0.1) is 11.7 Å². The quantitative estimate of drug-likeness (QED) is 0.284. The molecule has 7 atom stereocenters. The summed E-state index contributed by atoms with van der Waals surface area (Å²) >= 11 is 0. The number of hydrogen-bond donors (Lipinski definition) is 1. The van der Waals surface area contributed by atoms with Crippen molar-refractivity contribution in [3.63, 3.8) is 0 Å². The molecule has 3 aliphatic heterocycles. The lowest BCUT2D eigenvalue weighted by Gasteiger charge is -2.41. The molecule has 11 nitrogen and oxygen atoms in total. The number of esters is 1. The van der Waals surface area contributed by atoms with Crippen molar-refractivity contribution in [2.75, 3.05) is 19.8 Å². The van der Waals surface area contributed by atoms with E-state index in [9.17, 15) is 19.5 Å². The Hall–Kier alpha value is -3.57. The van der Waals surface area contributed by atoms with E-state index in [-0.39, 0.29) is 44.2 Å². The highest BCUT2D eigenvalue weighted by molar-refractivity contribution is 5.98. The first kappa shape index (κ1) is 29.9. The number of hydrogen-bond acceptors (Lipinski definition) is 8. The molecule has 2 amide bonds. The maximum absolute atomic E-state index is 14.8. The van der Waals surface area contributed by atoms with Crippen LogP contribution in [0.15, 0.2) is 49.6 Å². The molecule has 1 aromatic heterocycles. The highest BCUT2D eigenvalue weighted by Crippen LogP contribution is 2.65. The van der Waals surface area contributed by atoms with Gasteiger partial charge in [-0.25, -0.2) is 4.68 Å².